The van der Waals surface area contributed by atoms with Gasteiger partial charge in [-0.15, -0.1) is 0 Å². The van der Waals surface area contributed by atoms with Gasteiger partial charge in [0.15, 0.2) is 0 Å². The molecule has 0 saturated heterocycles. The fourth-order valence-electron chi connectivity index (χ4n) is 2.68. The summed E-state index contributed by atoms with van der Waals surface area (Å²) in [6.45, 7) is 7.82. The maximum atomic E-state index is 12.2. The summed E-state index contributed by atoms with van der Waals surface area (Å²) < 4.78 is 6.35. The van der Waals surface area contributed by atoms with Crippen LogP contribution >= 0.6 is 0 Å². The number of likely N-dealkylation sites (N-methyl/N-ethyl adjacent to an activating group) is 1. The van der Waals surface area contributed by atoms with Gasteiger partial charge >= 0.3 is 5.97 Å². The van der Waals surface area contributed by atoms with E-state index in [-0.39, 0.29) is 5.97 Å². The van der Waals surface area contributed by atoms with Gasteiger partial charge in [-0.1, -0.05) is 33.1 Å². The standard InChI is InChI=1S/C21H36N2O2/c1-5-7-9-10-16-23(3,4)17-18-25-21(24)19-11-13-20(14-12-19)22-15-8-6-2/h11-14H,5-10,15-18H2,1-4H3/p+1. The normalized spacial score (nSPS) is 11.4. The number of nitrogens with one attached hydrogen (secondary N) is 1. The van der Waals surface area contributed by atoms with Crippen molar-refractivity contribution in [1.29, 1.82) is 0 Å². The molecular weight excluding hydrogens is 312 g/mol. The van der Waals surface area contributed by atoms with E-state index >= 15 is 0 Å². The molecule has 0 aliphatic rings. The Balaban J connectivity index is 2.31. The number of rotatable bonds is 13. The maximum absolute atomic E-state index is 12.2. The highest BCUT2D eigenvalue weighted by molar-refractivity contribution is 5.89. The molecule has 142 valence electrons. The van der Waals surface area contributed by atoms with Crippen LogP contribution in [0.3, 0.4) is 0 Å². The number of hydrogen-bond acceptors (Lipinski definition) is 3. The molecule has 0 radical (unpaired) electrons. The second-order valence-electron chi connectivity index (χ2n) is 7.44. The lowest BCUT2D eigenvalue weighted by molar-refractivity contribution is -0.890. The Bertz CT molecular complexity index is 483. The minimum Gasteiger partial charge on any atom is -0.456 e. The second kappa shape index (κ2) is 11.9. The number of ether oxygens (including phenoxy) is 1. The Hall–Kier alpha value is -1.55. The van der Waals surface area contributed by atoms with E-state index in [9.17, 15) is 4.79 Å². The van der Waals surface area contributed by atoms with E-state index < -0.39 is 0 Å². The van der Waals surface area contributed by atoms with E-state index in [2.05, 4.69) is 33.3 Å². The summed E-state index contributed by atoms with van der Waals surface area (Å²) in [5.74, 6) is -0.230. The van der Waals surface area contributed by atoms with Crippen molar-refractivity contribution in [1.82, 2.24) is 0 Å². The van der Waals surface area contributed by atoms with Gasteiger partial charge in [0.05, 0.1) is 26.2 Å². The molecule has 4 heteroatoms. The lowest BCUT2D eigenvalue weighted by atomic mass is 10.2. The summed E-state index contributed by atoms with van der Waals surface area (Å²) in [4.78, 5) is 12.2. The van der Waals surface area contributed by atoms with Crippen LogP contribution in [0.15, 0.2) is 24.3 Å². The number of nitrogens with zero attached hydrogens (tertiary/aromatic N) is 1. The van der Waals surface area contributed by atoms with Crippen LogP contribution < -0.4 is 5.32 Å². The summed E-state index contributed by atoms with van der Waals surface area (Å²) in [7, 11) is 4.41. The summed E-state index contributed by atoms with van der Waals surface area (Å²) >= 11 is 0. The number of esters is 1. The van der Waals surface area contributed by atoms with E-state index in [1.54, 1.807) is 0 Å². The third-order valence-corrected chi connectivity index (χ3v) is 4.53. The van der Waals surface area contributed by atoms with Crippen molar-refractivity contribution in [2.24, 2.45) is 0 Å². The van der Waals surface area contributed by atoms with E-state index in [0.29, 0.717) is 12.2 Å². The quantitative estimate of drug-likeness (QED) is 0.318. The van der Waals surface area contributed by atoms with Crippen LogP contribution in [0, 0.1) is 0 Å². The van der Waals surface area contributed by atoms with E-state index in [4.69, 9.17) is 4.74 Å². The topological polar surface area (TPSA) is 38.3 Å². The zero-order valence-electron chi connectivity index (χ0n) is 16.6. The van der Waals surface area contributed by atoms with Crippen LogP contribution in [0.25, 0.3) is 0 Å². The zero-order chi connectivity index (χ0) is 18.5. The molecule has 0 aliphatic carbocycles. The third-order valence-electron chi connectivity index (χ3n) is 4.53. The van der Waals surface area contributed by atoms with Crippen molar-refractivity contribution < 1.29 is 14.0 Å². The largest absolute Gasteiger partial charge is 0.456 e. The van der Waals surface area contributed by atoms with Crippen molar-refractivity contribution in [3.63, 3.8) is 0 Å². The number of hydrogen-bond donors (Lipinski definition) is 1. The van der Waals surface area contributed by atoms with E-state index in [0.717, 1.165) is 36.2 Å². The Labute approximate surface area is 154 Å². The smallest absolute Gasteiger partial charge is 0.338 e. The Morgan fingerprint density at radius 1 is 0.960 bits per heavy atom. The summed E-state index contributed by atoms with van der Waals surface area (Å²) in [6.07, 6.45) is 7.41. The summed E-state index contributed by atoms with van der Waals surface area (Å²) in [6, 6.07) is 7.56. The van der Waals surface area contributed by atoms with Crippen LogP contribution in [-0.4, -0.2) is 50.8 Å². The first-order valence-corrected chi connectivity index (χ1v) is 9.81. The van der Waals surface area contributed by atoms with Crippen molar-refractivity contribution in [2.45, 2.75) is 52.4 Å². The van der Waals surface area contributed by atoms with Crippen molar-refractivity contribution >= 4 is 11.7 Å². The van der Waals surface area contributed by atoms with Crippen LogP contribution in [-0.2, 0) is 4.74 Å². The molecule has 0 aliphatic heterocycles. The fraction of sp³-hybridized carbons (Fsp3) is 0.667. The minimum absolute atomic E-state index is 0.230. The van der Waals surface area contributed by atoms with Crippen LogP contribution in [0.5, 0.6) is 0 Å². The van der Waals surface area contributed by atoms with Gasteiger partial charge in [-0.3, -0.25) is 0 Å². The molecule has 0 heterocycles. The van der Waals surface area contributed by atoms with Crippen LogP contribution in [0.4, 0.5) is 5.69 Å². The average Bonchev–Trinajstić information content (AvgIpc) is 2.59. The monoisotopic (exact) mass is 349 g/mol. The Morgan fingerprint density at radius 3 is 2.28 bits per heavy atom. The van der Waals surface area contributed by atoms with Crippen molar-refractivity contribution in [2.75, 3.05) is 45.7 Å². The second-order valence-corrected chi connectivity index (χ2v) is 7.44. The Kier molecular flexibility index (Phi) is 10.2. The van der Waals surface area contributed by atoms with Gasteiger partial charge in [-0.2, -0.15) is 0 Å². The molecule has 0 fully saturated rings. The van der Waals surface area contributed by atoms with Gasteiger partial charge in [0.2, 0.25) is 0 Å². The highest BCUT2D eigenvalue weighted by atomic mass is 16.5. The molecule has 1 rings (SSSR count). The number of quaternary nitrogens is 1. The predicted octanol–water partition coefficient (Wildman–Crippen LogP) is 4.71. The number of carbonyl (C=O) groups excluding carboxylic acids is 1. The summed E-state index contributed by atoms with van der Waals surface area (Å²) in [5.41, 5.74) is 1.67. The van der Waals surface area contributed by atoms with Crippen molar-refractivity contribution in [3.8, 4) is 0 Å². The molecule has 25 heavy (non-hydrogen) atoms. The molecular formula is C21H37N2O2+. The van der Waals surface area contributed by atoms with Gasteiger partial charge in [0.1, 0.15) is 13.2 Å². The molecule has 0 bridgehead atoms. The van der Waals surface area contributed by atoms with Crippen LogP contribution in [0.1, 0.15) is 62.7 Å². The van der Waals surface area contributed by atoms with Gasteiger partial charge < -0.3 is 14.5 Å². The highest BCUT2D eigenvalue weighted by Crippen LogP contribution is 2.11. The molecule has 0 atom stereocenters. The third kappa shape index (κ3) is 9.49. The van der Waals surface area contributed by atoms with E-state index in [1.165, 1.54) is 32.1 Å². The molecule has 0 amide bonds. The highest BCUT2D eigenvalue weighted by Gasteiger charge is 2.16. The van der Waals surface area contributed by atoms with E-state index in [1.807, 2.05) is 24.3 Å². The molecule has 0 aromatic heterocycles. The van der Waals surface area contributed by atoms with Crippen LogP contribution in [0.2, 0.25) is 0 Å². The molecule has 4 nitrogen and oxygen atoms in total. The zero-order valence-corrected chi connectivity index (χ0v) is 16.6. The molecule has 1 N–H and O–H groups in total. The van der Waals surface area contributed by atoms with Gasteiger partial charge in [-0.25, -0.2) is 4.79 Å². The lowest BCUT2D eigenvalue weighted by Gasteiger charge is -2.29. The molecule has 0 unspecified atom stereocenters. The molecule has 0 saturated carbocycles. The maximum Gasteiger partial charge on any atom is 0.338 e. The number of anilines is 1. The van der Waals surface area contributed by atoms with Gasteiger partial charge in [0, 0.05) is 12.2 Å². The minimum atomic E-state index is -0.230. The predicted molar refractivity (Wildman–Crippen MR) is 106 cm³/mol. The molecule has 0 spiro atoms. The number of benzene rings is 1. The van der Waals surface area contributed by atoms with Gasteiger partial charge in [-0.05, 0) is 43.5 Å². The first-order chi connectivity index (χ1) is 12.0. The SMILES string of the molecule is CCCCCC[N+](C)(C)CCOC(=O)c1ccc(NCCCC)cc1. The van der Waals surface area contributed by atoms with Gasteiger partial charge in [0.25, 0.3) is 0 Å². The fourth-order valence-corrected chi connectivity index (χ4v) is 2.68. The van der Waals surface area contributed by atoms with Crippen molar-refractivity contribution in [3.05, 3.63) is 29.8 Å². The first kappa shape index (κ1) is 21.5. The summed E-state index contributed by atoms with van der Waals surface area (Å²) in [5, 5.41) is 3.35. The number of carbonyl (C=O) groups is 1. The molecule has 1 aromatic carbocycles. The average molecular weight is 350 g/mol. The number of unbranched alkanes of at least 4 members (excludes halogenated alkanes) is 4. The lowest BCUT2D eigenvalue weighted by Crippen LogP contribution is -2.43. The molecule has 1 aromatic rings. The Morgan fingerprint density at radius 2 is 1.64 bits per heavy atom. The first-order valence-electron chi connectivity index (χ1n) is 9.81.